The molecule has 0 radical (unpaired) electrons. The maximum Gasteiger partial charge on any atom is 0.417 e. The van der Waals surface area contributed by atoms with Crippen LogP contribution in [0.3, 0.4) is 0 Å². The Morgan fingerprint density at radius 3 is 2.81 bits per heavy atom. The van der Waals surface area contributed by atoms with E-state index in [0.717, 1.165) is 17.7 Å². The second kappa shape index (κ2) is 6.27. The summed E-state index contributed by atoms with van der Waals surface area (Å²) in [6.45, 7) is 2.13. The van der Waals surface area contributed by atoms with Gasteiger partial charge in [-0.1, -0.05) is 0 Å². The minimum Gasteiger partial charge on any atom is -0.408 e. The highest BCUT2D eigenvalue weighted by Gasteiger charge is 2.23. The molecule has 0 fully saturated rings. The van der Waals surface area contributed by atoms with Gasteiger partial charge in [-0.15, -0.1) is 0 Å². The molecule has 0 atom stereocenters. The van der Waals surface area contributed by atoms with Crippen LogP contribution in [0.5, 0.6) is 0 Å². The monoisotopic (exact) mass is 387 g/mol. The summed E-state index contributed by atoms with van der Waals surface area (Å²) < 4.78 is 32.9. The number of aromatic nitrogens is 1. The van der Waals surface area contributed by atoms with E-state index in [-0.39, 0.29) is 10.8 Å². The predicted octanol–water partition coefficient (Wildman–Crippen LogP) is 2.22. The number of carbonyl (C=O) groups is 1. The third-order valence-electron chi connectivity index (χ3n) is 4.53. The molecule has 1 amide bonds. The number of aryl methyl sites for hydroxylation is 1. The summed E-state index contributed by atoms with van der Waals surface area (Å²) in [6, 6.07) is 9.29. The number of nitrogens with one attached hydrogen (secondary N) is 2. The molecule has 1 aliphatic heterocycles. The first-order chi connectivity index (χ1) is 12.8. The van der Waals surface area contributed by atoms with E-state index in [1.165, 1.54) is 31.2 Å². The summed E-state index contributed by atoms with van der Waals surface area (Å²) in [7, 11) is -3.82. The highest BCUT2D eigenvalue weighted by molar-refractivity contribution is 7.92. The molecule has 0 bridgehead atoms. The third kappa shape index (κ3) is 3.21. The number of rotatable bonds is 3. The van der Waals surface area contributed by atoms with Crippen molar-refractivity contribution in [2.24, 2.45) is 0 Å². The molecule has 1 aliphatic rings. The number of amides is 1. The number of nitrogens with zero attached hydrogens (tertiary/aromatic N) is 1. The number of hydrogen-bond donors (Lipinski definition) is 2. The van der Waals surface area contributed by atoms with E-state index < -0.39 is 15.8 Å². The molecule has 0 saturated heterocycles. The number of H-pyrrole nitrogens is 1. The van der Waals surface area contributed by atoms with Gasteiger partial charge in [0, 0.05) is 19.2 Å². The Morgan fingerprint density at radius 1 is 1.22 bits per heavy atom. The number of aromatic amines is 1. The van der Waals surface area contributed by atoms with Gasteiger partial charge in [0.05, 0.1) is 16.1 Å². The molecule has 2 aromatic carbocycles. The van der Waals surface area contributed by atoms with E-state index in [9.17, 15) is 18.0 Å². The van der Waals surface area contributed by atoms with Crippen molar-refractivity contribution in [1.29, 1.82) is 0 Å². The van der Waals surface area contributed by atoms with Gasteiger partial charge >= 0.3 is 5.76 Å². The Bertz CT molecular complexity index is 1210. The van der Waals surface area contributed by atoms with Gasteiger partial charge < -0.3 is 9.32 Å². The summed E-state index contributed by atoms with van der Waals surface area (Å²) in [6.07, 6.45) is 1.50. The van der Waals surface area contributed by atoms with Crippen LogP contribution in [0.2, 0.25) is 0 Å². The Balaban J connectivity index is 1.67. The van der Waals surface area contributed by atoms with E-state index in [1.54, 1.807) is 17.0 Å². The van der Waals surface area contributed by atoms with Crippen molar-refractivity contribution in [3.8, 4) is 0 Å². The van der Waals surface area contributed by atoms with Gasteiger partial charge in [0.2, 0.25) is 5.91 Å². The summed E-state index contributed by atoms with van der Waals surface area (Å²) in [5.74, 6) is -0.665. The average molecular weight is 387 g/mol. The lowest BCUT2D eigenvalue weighted by molar-refractivity contribution is -0.116. The Kier molecular flexibility index (Phi) is 4.03. The number of oxazole rings is 1. The second-order valence-electron chi connectivity index (χ2n) is 6.40. The van der Waals surface area contributed by atoms with E-state index in [4.69, 9.17) is 4.42 Å². The van der Waals surface area contributed by atoms with Crippen LogP contribution in [0.15, 0.2) is 50.5 Å². The molecule has 0 saturated carbocycles. The van der Waals surface area contributed by atoms with Crippen LogP contribution in [0.4, 0.5) is 11.4 Å². The second-order valence-corrected chi connectivity index (χ2v) is 8.08. The Morgan fingerprint density at radius 2 is 2.04 bits per heavy atom. The summed E-state index contributed by atoms with van der Waals surface area (Å²) in [5.41, 5.74) is 2.64. The van der Waals surface area contributed by atoms with Crippen LogP contribution in [0.25, 0.3) is 11.1 Å². The lowest BCUT2D eigenvalue weighted by Gasteiger charge is -2.28. The normalized spacial score (nSPS) is 14.2. The molecule has 1 aromatic heterocycles. The minimum atomic E-state index is -3.82. The molecule has 4 rings (SSSR count). The van der Waals surface area contributed by atoms with E-state index in [1.807, 2.05) is 0 Å². The molecule has 27 heavy (non-hydrogen) atoms. The van der Waals surface area contributed by atoms with E-state index in [2.05, 4.69) is 9.71 Å². The van der Waals surface area contributed by atoms with Crippen molar-refractivity contribution < 1.29 is 17.6 Å². The fourth-order valence-electron chi connectivity index (χ4n) is 3.30. The highest BCUT2D eigenvalue weighted by atomic mass is 32.2. The smallest absolute Gasteiger partial charge is 0.408 e. The molecular weight excluding hydrogens is 370 g/mol. The summed E-state index contributed by atoms with van der Waals surface area (Å²) >= 11 is 0. The van der Waals surface area contributed by atoms with Crippen LogP contribution in [0, 0.1) is 0 Å². The predicted molar refractivity (Wildman–Crippen MR) is 100 cm³/mol. The molecule has 140 valence electrons. The first-order valence-corrected chi connectivity index (χ1v) is 9.88. The van der Waals surface area contributed by atoms with Gasteiger partial charge in [0.15, 0.2) is 5.58 Å². The zero-order valence-electron chi connectivity index (χ0n) is 14.5. The fourth-order valence-corrected chi connectivity index (χ4v) is 4.40. The lowest BCUT2D eigenvalue weighted by Crippen LogP contribution is -2.33. The zero-order valence-corrected chi connectivity index (χ0v) is 15.3. The maximum atomic E-state index is 12.8. The van der Waals surface area contributed by atoms with Crippen molar-refractivity contribution >= 4 is 38.4 Å². The van der Waals surface area contributed by atoms with Crippen molar-refractivity contribution in [1.82, 2.24) is 4.98 Å². The van der Waals surface area contributed by atoms with Gasteiger partial charge in [-0.25, -0.2) is 13.2 Å². The molecule has 0 unspecified atom stereocenters. The number of hydrogen-bond acceptors (Lipinski definition) is 5. The Labute approximate surface area is 154 Å². The summed E-state index contributed by atoms with van der Waals surface area (Å²) in [5, 5.41) is 0. The topological polar surface area (TPSA) is 112 Å². The SMILES string of the molecule is CC(=O)N1CCCc2cc(S(=O)(=O)Nc3ccc4oc(=O)[nH]c4c3)ccc21. The largest absolute Gasteiger partial charge is 0.417 e. The molecule has 3 aromatic rings. The molecular formula is C18H17N3O5S. The highest BCUT2D eigenvalue weighted by Crippen LogP contribution is 2.30. The zero-order chi connectivity index (χ0) is 19.2. The van der Waals surface area contributed by atoms with Crippen LogP contribution >= 0.6 is 0 Å². The summed E-state index contributed by atoms with van der Waals surface area (Å²) in [4.78, 5) is 27.2. The van der Waals surface area contributed by atoms with Crippen molar-refractivity contribution in [2.75, 3.05) is 16.2 Å². The Hall–Kier alpha value is -3.07. The molecule has 9 heteroatoms. The average Bonchev–Trinajstić information content (AvgIpc) is 2.99. The van der Waals surface area contributed by atoms with Crippen LogP contribution < -0.4 is 15.4 Å². The van der Waals surface area contributed by atoms with Gasteiger partial charge in [-0.05, 0) is 54.8 Å². The van der Waals surface area contributed by atoms with E-state index in [0.29, 0.717) is 29.8 Å². The quantitative estimate of drug-likeness (QED) is 0.716. The number of sulfonamides is 1. The third-order valence-corrected chi connectivity index (χ3v) is 5.91. The first kappa shape index (κ1) is 17.3. The standard InChI is InChI=1S/C18H17N3O5S/c1-11(22)21-8-2-3-12-9-14(5-6-16(12)21)27(24,25)20-13-4-7-17-15(10-13)19-18(23)26-17/h4-7,9-10,20H,2-3,8H2,1H3,(H,19,23). The molecule has 2 N–H and O–H groups in total. The van der Waals surface area contributed by atoms with Gasteiger partial charge in [-0.3, -0.25) is 14.5 Å². The van der Waals surface area contributed by atoms with Crippen LogP contribution in [-0.2, 0) is 21.2 Å². The van der Waals surface area contributed by atoms with Crippen molar-refractivity contribution in [3.63, 3.8) is 0 Å². The molecule has 0 aliphatic carbocycles. The molecule has 8 nitrogen and oxygen atoms in total. The minimum absolute atomic E-state index is 0.0629. The number of anilines is 2. The first-order valence-electron chi connectivity index (χ1n) is 8.40. The van der Waals surface area contributed by atoms with Gasteiger partial charge in [-0.2, -0.15) is 0 Å². The fraction of sp³-hybridized carbons (Fsp3) is 0.222. The van der Waals surface area contributed by atoms with Crippen molar-refractivity contribution in [2.45, 2.75) is 24.7 Å². The molecule has 2 heterocycles. The van der Waals surface area contributed by atoms with Gasteiger partial charge in [0.25, 0.3) is 10.0 Å². The van der Waals surface area contributed by atoms with Crippen LogP contribution in [0.1, 0.15) is 18.9 Å². The number of fused-ring (bicyclic) bond motifs is 2. The van der Waals surface area contributed by atoms with Crippen molar-refractivity contribution in [3.05, 3.63) is 52.5 Å². The molecule has 0 spiro atoms. The number of carbonyl (C=O) groups excluding carboxylic acids is 1. The lowest BCUT2D eigenvalue weighted by atomic mass is 10.0. The van der Waals surface area contributed by atoms with E-state index >= 15 is 0 Å². The number of benzene rings is 2. The maximum absolute atomic E-state index is 12.8. The van der Waals surface area contributed by atoms with Gasteiger partial charge in [0.1, 0.15) is 0 Å². The van der Waals surface area contributed by atoms with Crippen LogP contribution in [-0.4, -0.2) is 25.9 Å².